The van der Waals surface area contributed by atoms with Gasteiger partial charge in [0.2, 0.25) is 0 Å². The van der Waals surface area contributed by atoms with Gasteiger partial charge >= 0.3 is 0 Å². The first-order valence-electron chi connectivity index (χ1n) is 16.3. The van der Waals surface area contributed by atoms with E-state index in [-0.39, 0.29) is 0 Å². The quantitative estimate of drug-likeness (QED) is 0.185. The summed E-state index contributed by atoms with van der Waals surface area (Å²) in [7, 11) is 0. The van der Waals surface area contributed by atoms with Crippen LogP contribution in [0.25, 0.3) is 66.1 Å². The molecule has 0 saturated heterocycles. The molecule has 0 aliphatic heterocycles. The summed E-state index contributed by atoms with van der Waals surface area (Å²) in [5, 5.41) is 4.71. The maximum absolute atomic E-state index is 6.34. The van der Waals surface area contributed by atoms with E-state index in [1.54, 1.807) is 0 Å². The Morgan fingerprint density at radius 1 is 0.312 bits per heavy atom. The highest BCUT2D eigenvalue weighted by Gasteiger charge is 2.17. The molecule has 0 bridgehead atoms. The van der Waals surface area contributed by atoms with Crippen molar-refractivity contribution in [2.45, 2.75) is 0 Å². The molecule has 1 heterocycles. The van der Waals surface area contributed by atoms with Crippen molar-refractivity contribution >= 4 is 49.8 Å². The Bertz CT molecular complexity index is 2530. The van der Waals surface area contributed by atoms with Crippen LogP contribution in [0.2, 0.25) is 0 Å². The summed E-state index contributed by atoms with van der Waals surface area (Å²) in [6.07, 6.45) is 0. The maximum Gasteiger partial charge on any atom is 0.135 e. The minimum atomic E-state index is 0.879. The van der Waals surface area contributed by atoms with Crippen LogP contribution in [-0.4, -0.2) is 0 Å². The smallest absolute Gasteiger partial charge is 0.135 e. The number of hydrogen-bond acceptors (Lipinski definition) is 2. The lowest BCUT2D eigenvalue weighted by Gasteiger charge is -2.26. The molecule has 9 rings (SSSR count). The van der Waals surface area contributed by atoms with Crippen LogP contribution in [0.5, 0.6) is 0 Å². The third kappa shape index (κ3) is 5.01. The van der Waals surface area contributed by atoms with E-state index in [1.807, 2.05) is 0 Å². The number of hydrogen-bond donors (Lipinski definition) is 0. The summed E-state index contributed by atoms with van der Waals surface area (Å²) in [5.41, 5.74) is 12.2. The standard InChI is InChI=1S/C46H31NO/c1-3-10-32(11-4-1)34-18-23-38(24-19-34)47(39-25-20-36(21-26-39)42-17-9-15-35-14-7-8-16-41(35)42)40-27-29-46-44(31-40)43-30-37(22-28-45(43)48-46)33-12-5-2-6-13-33/h1-31H. The van der Waals surface area contributed by atoms with E-state index < -0.39 is 0 Å². The van der Waals surface area contributed by atoms with Crippen molar-refractivity contribution in [2.24, 2.45) is 0 Å². The Balaban J connectivity index is 1.17. The van der Waals surface area contributed by atoms with Crippen LogP contribution in [0.1, 0.15) is 0 Å². The zero-order valence-electron chi connectivity index (χ0n) is 26.3. The molecule has 0 radical (unpaired) electrons. The predicted octanol–water partition coefficient (Wildman–Crippen LogP) is 13.2. The number of anilines is 3. The third-order valence-electron chi connectivity index (χ3n) is 9.28. The minimum absolute atomic E-state index is 0.879. The topological polar surface area (TPSA) is 16.4 Å². The van der Waals surface area contributed by atoms with Gasteiger partial charge in [-0.1, -0.05) is 133 Å². The number of benzene rings is 8. The van der Waals surface area contributed by atoms with Gasteiger partial charge in [-0.25, -0.2) is 0 Å². The lowest BCUT2D eigenvalue weighted by molar-refractivity contribution is 0.669. The average molecular weight is 614 g/mol. The Morgan fingerprint density at radius 2 is 0.812 bits per heavy atom. The second-order valence-corrected chi connectivity index (χ2v) is 12.2. The summed E-state index contributed by atoms with van der Waals surface area (Å²) in [5.74, 6) is 0. The van der Waals surface area contributed by atoms with Crippen molar-refractivity contribution in [1.82, 2.24) is 0 Å². The molecule has 8 aromatic carbocycles. The second kappa shape index (κ2) is 11.8. The number of nitrogens with zero attached hydrogens (tertiary/aromatic N) is 1. The zero-order valence-corrected chi connectivity index (χ0v) is 26.3. The van der Waals surface area contributed by atoms with E-state index >= 15 is 0 Å². The van der Waals surface area contributed by atoms with Crippen LogP contribution < -0.4 is 4.90 Å². The van der Waals surface area contributed by atoms with Gasteiger partial charge in [-0.15, -0.1) is 0 Å². The third-order valence-corrected chi connectivity index (χ3v) is 9.28. The molecule has 2 nitrogen and oxygen atoms in total. The van der Waals surface area contributed by atoms with Gasteiger partial charge in [0, 0.05) is 27.8 Å². The van der Waals surface area contributed by atoms with Crippen LogP contribution in [-0.2, 0) is 0 Å². The van der Waals surface area contributed by atoms with Crippen molar-refractivity contribution in [2.75, 3.05) is 4.90 Å². The fraction of sp³-hybridized carbons (Fsp3) is 0. The van der Waals surface area contributed by atoms with Crippen LogP contribution in [0.15, 0.2) is 192 Å². The highest BCUT2D eigenvalue weighted by atomic mass is 16.3. The van der Waals surface area contributed by atoms with Crippen LogP contribution in [0.4, 0.5) is 17.1 Å². The molecule has 0 unspecified atom stereocenters. The number of rotatable bonds is 6. The van der Waals surface area contributed by atoms with E-state index in [9.17, 15) is 0 Å². The monoisotopic (exact) mass is 613 g/mol. The van der Waals surface area contributed by atoms with Gasteiger partial charge in [0.15, 0.2) is 0 Å². The normalized spacial score (nSPS) is 11.3. The molecule has 0 aliphatic rings. The molecule has 0 fully saturated rings. The summed E-state index contributed by atoms with van der Waals surface area (Å²) >= 11 is 0. The van der Waals surface area contributed by atoms with Crippen LogP contribution >= 0.6 is 0 Å². The highest BCUT2D eigenvalue weighted by molar-refractivity contribution is 6.08. The van der Waals surface area contributed by atoms with Gasteiger partial charge in [-0.2, -0.15) is 0 Å². The van der Waals surface area contributed by atoms with E-state index in [1.165, 1.54) is 44.2 Å². The Hall–Kier alpha value is -6.38. The van der Waals surface area contributed by atoms with Gasteiger partial charge in [0.25, 0.3) is 0 Å². The summed E-state index contributed by atoms with van der Waals surface area (Å²) in [6.45, 7) is 0. The lowest BCUT2D eigenvalue weighted by Crippen LogP contribution is -2.09. The van der Waals surface area contributed by atoms with E-state index in [2.05, 4.69) is 193 Å². The van der Waals surface area contributed by atoms with E-state index in [0.29, 0.717) is 0 Å². The molecule has 0 spiro atoms. The molecule has 226 valence electrons. The molecule has 0 atom stereocenters. The van der Waals surface area contributed by atoms with Crippen molar-refractivity contribution < 1.29 is 4.42 Å². The fourth-order valence-electron chi connectivity index (χ4n) is 6.86. The van der Waals surface area contributed by atoms with Gasteiger partial charge in [0.05, 0.1) is 0 Å². The first kappa shape index (κ1) is 27.9. The summed E-state index contributed by atoms with van der Waals surface area (Å²) in [4.78, 5) is 2.33. The highest BCUT2D eigenvalue weighted by Crippen LogP contribution is 2.41. The predicted molar refractivity (Wildman–Crippen MR) is 202 cm³/mol. The van der Waals surface area contributed by atoms with Gasteiger partial charge in [0.1, 0.15) is 11.2 Å². The molecular formula is C46H31NO. The number of furan rings is 1. The molecular weight excluding hydrogens is 583 g/mol. The fourth-order valence-corrected chi connectivity index (χ4v) is 6.86. The SMILES string of the molecule is c1ccc(-c2ccc(N(c3ccc(-c4cccc5ccccc45)cc3)c3ccc4oc5ccc(-c6ccccc6)cc5c4c3)cc2)cc1. The molecule has 9 aromatic rings. The molecule has 0 saturated carbocycles. The number of fused-ring (bicyclic) bond motifs is 4. The van der Waals surface area contributed by atoms with E-state index in [4.69, 9.17) is 4.42 Å². The minimum Gasteiger partial charge on any atom is -0.456 e. The second-order valence-electron chi connectivity index (χ2n) is 12.2. The van der Waals surface area contributed by atoms with Crippen LogP contribution in [0.3, 0.4) is 0 Å². The van der Waals surface area contributed by atoms with Crippen molar-refractivity contribution in [1.29, 1.82) is 0 Å². The lowest BCUT2D eigenvalue weighted by atomic mass is 9.98. The Kier molecular flexibility index (Phi) is 6.84. The van der Waals surface area contributed by atoms with Crippen molar-refractivity contribution in [3.05, 3.63) is 188 Å². The molecule has 2 heteroatoms. The van der Waals surface area contributed by atoms with E-state index in [0.717, 1.165) is 39.0 Å². The van der Waals surface area contributed by atoms with Gasteiger partial charge < -0.3 is 9.32 Å². The Morgan fingerprint density at radius 3 is 1.52 bits per heavy atom. The molecule has 0 aliphatic carbocycles. The largest absolute Gasteiger partial charge is 0.456 e. The summed E-state index contributed by atoms with van der Waals surface area (Å²) in [6, 6.07) is 66.9. The first-order chi connectivity index (χ1) is 23.8. The molecule has 48 heavy (non-hydrogen) atoms. The zero-order chi connectivity index (χ0) is 31.9. The van der Waals surface area contributed by atoms with Crippen molar-refractivity contribution in [3.63, 3.8) is 0 Å². The van der Waals surface area contributed by atoms with Crippen molar-refractivity contribution in [3.8, 4) is 33.4 Å². The maximum atomic E-state index is 6.34. The summed E-state index contributed by atoms with van der Waals surface area (Å²) < 4.78 is 6.34. The average Bonchev–Trinajstić information content (AvgIpc) is 3.53. The molecule has 0 amide bonds. The Labute approximate surface area is 279 Å². The van der Waals surface area contributed by atoms with Gasteiger partial charge in [-0.05, 0) is 98.8 Å². The molecule has 0 N–H and O–H groups in total. The first-order valence-corrected chi connectivity index (χ1v) is 16.3. The van der Waals surface area contributed by atoms with Crippen LogP contribution in [0, 0.1) is 0 Å². The van der Waals surface area contributed by atoms with Gasteiger partial charge in [-0.3, -0.25) is 0 Å². The molecule has 1 aromatic heterocycles.